The maximum absolute atomic E-state index is 12.1. The quantitative estimate of drug-likeness (QED) is 0.727. The number of aromatic hydroxyl groups is 1. The molecule has 0 spiro atoms. The molecule has 2 aromatic heterocycles. The Bertz CT molecular complexity index is 835. The zero-order chi connectivity index (χ0) is 15.5. The van der Waals surface area contributed by atoms with Crippen LogP contribution < -0.4 is 5.32 Å². The van der Waals surface area contributed by atoms with Crippen molar-refractivity contribution >= 4 is 38.3 Å². The molecule has 1 amide bonds. The van der Waals surface area contributed by atoms with Crippen molar-refractivity contribution in [2.45, 2.75) is 0 Å². The van der Waals surface area contributed by atoms with Crippen LogP contribution in [0.15, 0.2) is 52.6 Å². The van der Waals surface area contributed by atoms with Crippen molar-refractivity contribution in [3.8, 4) is 17.0 Å². The second kappa shape index (κ2) is 6.25. The van der Waals surface area contributed by atoms with Gasteiger partial charge in [0.1, 0.15) is 5.75 Å². The lowest BCUT2D eigenvalue weighted by Gasteiger charge is -2.01. The van der Waals surface area contributed by atoms with Gasteiger partial charge in [0, 0.05) is 27.8 Å². The third-order valence-corrected chi connectivity index (χ3v) is 4.03. The van der Waals surface area contributed by atoms with Crippen molar-refractivity contribution in [2.75, 3.05) is 5.32 Å². The number of aromatic nitrogens is 2. The van der Waals surface area contributed by atoms with Crippen LogP contribution in [0.2, 0.25) is 0 Å². The van der Waals surface area contributed by atoms with Crippen molar-refractivity contribution in [1.82, 2.24) is 9.97 Å². The van der Waals surface area contributed by atoms with Gasteiger partial charge in [0.25, 0.3) is 5.91 Å². The third kappa shape index (κ3) is 3.32. The average molecular weight is 376 g/mol. The van der Waals surface area contributed by atoms with Gasteiger partial charge in [0.2, 0.25) is 0 Å². The summed E-state index contributed by atoms with van der Waals surface area (Å²) in [5.74, 6) is -0.0955. The zero-order valence-corrected chi connectivity index (χ0v) is 13.6. The molecule has 0 aliphatic heterocycles. The average Bonchev–Trinajstić information content (AvgIpc) is 2.96. The van der Waals surface area contributed by atoms with Gasteiger partial charge in [-0.1, -0.05) is 12.1 Å². The van der Waals surface area contributed by atoms with Crippen LogP contribution in [-0.4, -0.2) is 21.0 Å². The first-order chi connectivity index (χ1) is 10.6. The fraction of sp³-hybridized carbons (Fsp3) is 0. The first kappa shape index (κ1) is 14.7. The van der Waals surface area contributed by atoms with Crippen molar-refractivity contribution in [1.29, 1.82) is 0 Å². The van der Waals surface area contributed by atoms with Crippen LogP contribution in [0.1, 0.15) is 10.4 Å². The number of benzene rings is 1. The van der Waals surface area contributed by atoms with Gasteiger partial charge >= 0.3 is 0 Å². The van der Waals surface area contributed by atoms with E-state index in [-0.39, 0.29) is 11.7 Å². The standard InChI is InChI=1S/C15H10BrN3O2S/c16-11-4-10(6-17-7-11)14(21)19-15-18-13(8-22-15)9-2-1-3-12(20)5-9/h1-8,20H,(H,18,19,21). The van der Waals surface area contributed by atoms with E-state index in [1.165, 1.54) is 17.5 Å². The molecule has 7 heteroatoms. The largest absolute Gasteiger partial charge is 0.508 e. The Morgan fingerprint density at radius 2 is 2.14 bits per heavy atom. The predicted octanol–water partition coefficient (Wildman–Crippen LogP) is 3.93. The molecule has 22 heavy (non-hydrogen) atoms. The van der Waals surface area contributed by atoms with Gasteiger partial charge < -0.3 is 5.11 Å². The van der Waals surface area contributed by atoms with E-state index >= 15 is 0 Å². The number of carbonyl (C=O) groups excluding carboxylic acids is 1. The molecule has 2 heterocycles. The molecule has 0 aliphatic rings. The van der Waals surface area contributed by atoms with E-state index < -0.39 is 0 Å². The van der Waals surface area contributed by atoms with Crippen LogP contribution >= 0.6 is 27.3 Å². The number of rotatable bonds is 3. The van der Waals surface area contributed by atoms with E-state index in [0.29, 0.717) is 16.4 Å². The number of nitrogens with zero attached hydrogens (tertiary/aromatic N) is 2. The van der Waals surface area contributed by atoms with Gasteiger partial charge in [-0.05, 0) is 34.1 Å². The van der Waals surface area contributed by atoms with Crippen molar-refractivity contribution in [2.24, 2.45) is 0 Å². The SMILES string of the molecule is O=C(Nc1nc(-c2cccc(O)c2)cs1)c1cncc(Br)c1. The van der Waals surface area contributed by atoms with Gasteiger partial charge in [-0.2, -0.15) is 0 Å². The van der Waals surface area contributed by atoms with Crippen LogP contribution in [0.25, 0.3) is 11.3 Å². The molecule has 2 N–H and O–H groups in total. The molecule has 0 saturated heterocycles. The Morgan fingerprint density at radius 1 is 1.27 bits per heavy atom. The molecule has 5 nitrogen and oxygen atoms in total. The molecule has 0 radical (unpaired) electrons. The second-order valence-electron chi connectivity index (χ2n) is 4.43. The second-order valence-corrected chi connectivity index (χ2v) is 6.21. The van der Waals surface area contributed by atoms with Gasteiger partial charge in [-0.3, -0.25) is 15.1 Å². The molecule has 0 unspecified atom stereocenters. The highest BCUT2D eigenvalue weighted by Gasteiger charge is 2.11. The smallest absolute Gasteiger partial charge is 0.259 e. The fourth-order valence-corrected chi connectivity index (χ4v) is 2.91. The van der Waals surface area contributed by atoms with Gasteiger partial charge in [-0.25, -0.2) is 4.98 Å². The van der Waals surface area contributed by atoms with Crippen molar-refractivity contribution in [3.63, 3.8) is 0 Å². The molecule has 1 aromatic carbocycles. The molecule has 0 bridgehead atoms. The molecular formula is C15H10BrN3O2S. The minimum atomic E-state index is -0.273. The number of phenolic OH excluding ortho intramolecular Hbond substituents is 1. The molecule has 0 aliphatic carbocycles. The summed E-state index contributed by atoms with van der Waals surface area (Å²) in [6.45, 7) is 0. The monoisotopic (exact) mass is 375 g/mol. The summed E-state index contributed by atoms with van der Waals surface area (Å²) in [5, 5.41) is 14.5. The van der Waals surface area contributed by atoms with E-state index in [2.05, 4.69) is 31.2 Å². The van der Waals surface area contributed by atoms with E-state index in [9.17, 15) is 9.90 Å². The lowest BCUT2D eigenvalue weighted by atomic mass is 10.2. The summed E-state index contributed by atoms with van der Waals surface area (Å²) in [4.78, 5) is 20.4. The normalized spacial score (nSPS) is 10.4. The molecule has 0 atom stereocenters. The minimum absolute atomic E-state index is 0.177. The van der Waals surface area contributed by atoms with Crippen LogP contribution in [0, 0.1) is 0 Å². The number of anilines is 1. The summed E-state index contributed by atoms with van der Waals surface area (Å²) < 4.78 is 0.736. The predicted molar refractivity (Wildman–Crippen MR) is 89.1 cm³/mol. The highest BCUT2D eigenvalue weighted by molar-refractivity contribution is 9.10. The van der Waals surface area contributed by atoms with Crippen molar-refractivity contribution in [3.05, 3.63) is 58.1 Å². The summed E-state index contributed by atoms with van der Waals surface area (Å²) in [5.41, 5.74) is 1.94. The molecule has 110 valence electrons. The van der Waals surface area contributed by atoms with Gasteiger partial charge in [0.15, 0.2) is 5.13 Å². The van der Waals surface area contributed by atoms with E-state index in [0.717, 1.165) is 10.0 Å². The molecule has 3 rings (SSSR count). The van der Waals surface area contributed by atoms with E-state index in [4.69, 9.17) is 0 Å². The number of amides is 1. The summed E-state index contributed by atoms with van der Waals surface area (Å²) in [6.07, 6.45) is 3.10. The highest BCUT2D eigenvalue weighted by Crippen LogP contribution is 2.27. The Morgan fingerprint density at radius 3 is 2.91 bits per heavy atom. The minimum Gasteiger partial charge on any atom is -0.508 e. The van der Waals surface area contributed by atoms with Crippen LogP contribution in [0.5, 0.6) is 5.75 Å². The van der Waals surface area contributed by atoms with E-state index in [1.807, 2.05) is 11.4 Å². The fourth-order valence-electron chi connectivity index (χ4n) is 1.83. The zero-order valence-electron chi connectivity index (χ0n) is 11.2. The number of hydrogen-bond donors (Lipinski definition) is 2. The summed E-state index contributed by atoms with van der Waals surface area (Å²) in [7, 11) is 0. The third-order valence-electron chi connectivity index (χ3n) is 2.83. The molecule has 3 aromatic rings. The highest BCUT2D eigenvalue weighted by atomic mass is 79.9. The Hall–Kier alpha value is -2.25. The number of carbonyl (C=O) groups is 1. The van der Waals surface area contributed by atoms with Crippen LogP contribution in [-0.2, 0) is 0 Å². The first-order valence-electron chi connectivity index (χ1n) is 6.28. The Kier molecular flexibility index (Phi) is 4.17. The van der Waals surface area contributed by atoms with Gasteiger partial charge in [-0.15, -0.1) is 11.3 Å². The number of hydrogen-bond acceptors (Lipinski definition) is 5. The lowest BCUT2D eigenvalue weighted by Crippen LogP contribution is -2.11. The molecular weight excluding hydrogens is 366 g/mol. The summed E-state index contributed by atoms with van der Waals surface area (Å²) >= 11 is 4.60. The van der Waals surface area contributed by atoms with Crippen molar-refractivity contribution < 1.29 is 9.90 Å². The molecule has 0 saturated carbocycles. The first-order valence-corrected chi connectivity index (χ1v) is 7.96. The topological polar surface area (TPSA) is 75.1 Å². The van der Waals surface area contributed by atoms with E-state index in [1.54, 1.807) is 30.5 Å². The van der Waals surface area contributed by atoms with Crippen LogP contribution in [0.4, 0.5) is 5.13 Å². The number of nitrogens with one attached hydrogen (secondary N) is 1. The van der Waals surface area contributed by atoms with Crippen LogP contribution in [0.3, 0.4) is 0 Å². The Balaban J connectivity index is 1.78. The number of halogens is 1. The lowest BCUT2D eigenvalue weighted by molar-refractivity contribution is 0.102. The Labute approximate surface area is 138 Å². The molecule has 0 fully saturated rings. The maximum atomic E-state index is 12.1. The maximum Gasteiger partial charge on any atom is 0.259 e. The van der Waals surface area contributed by atoms with Gasteiger partial charge in [0.05, 0.1) is 11.3 Å². The number of pyridine rings is 1. The number of thiazole rings is 1. The summed E-state index contributed by atoms with van der Waals surface area (Å²) in [6, 6.07) is 8.50. The number of phenols is 1.